The van der Waals surface area contributed by atoms with E-state index < -0.39 is 17.6 Å². The van der Waals surface area contributed by atoms with Gasteiger partial charge in [0.15, 0.2) is 5.69 Å². The number of rotatable bonds is 8. The molecule has 0 spiro atoms. The number of nitrogens with zero attached hydrogens (tertiary/aromatic N) is 3. The Morgan fingerprint density at radius 2 is 1.70 bits per heavy atom. The van der Waals surface area contributed by atoms with Crippen LogP contribution >= 0.6 is 0 Å². The molecule has 0 fully saturated rings. The molecule has 9 nitrogen and oxygen atoms in total. The Bertz CT molecular complexity index is 1680. The van der Waals surface area contributed by atoms with E-state index in [0.717, 1.165) is 28.4 Å². The van der Waals surface area contributed by atoms with Gasteiger partial charge in [0, 0.05) is 52.7 Å². The molecule has 4 rings (SSSR count). The van der Waals surface area contributed by atoms with E-state index in [1.165, 1.54) is 18.2 Å². The van der Waals surface area contributed by atoms with Gasteiger partial charge in [-0.3, -0.25) is 19.4 Å². The van der Waals surface area contributed by atoms with Crippen LogP contribution in [0.1, 0.15) is 48.5 Å². The Morgan fingerprint density at radius 3 is 2.35 bits per heavy atom. The first-order chi connectivity index (χ1) is 19.1. The molecule has 0 atom stereocenters. The quantitative estimate of drug-likeness (QED) is 0.200. The third-order valence-electron chi connectivity index (χ3n) is 6.02. The lowest BCUT2D eigenvalue weighted by atomic mass is 10.1. The second-order valence-corrected chi connectivity index (χ2v) is 9.30. The Labute approximate surface area is 230 Å². The van der Waals surface area contributed by atoms with Crippen LogP contribution in [-0.2, 0) is 11.3 Å². The van der Waals surface area contributed by atoms with Crippen LogP contribution in [0.3, 0.4) is 0 Å². The number of halogens is 1. The van der Waals surface area contributed by atoms with Crippen molar-refractivity contribution in [2.75, 3.05) is 10.6 Å². The predicted molar refractivity (Wildman–Crippen MR) is 155 cm³/mol. The molecule has 0 saturated heterocycles. The SMILES string of the molecule is CCn1c(-c2ccc(NC(=O)/C=C(/C)N=C(C)C)cc2)cc2ccnc(C(=O)Nc3ccc(F)c(C(N)=O)c3)c21. The van der Waals surface area contributed by atoms with E-state index in [0.29, 0.717) is 23.4 Å². The van der Waals surface area contributed by atoms with Gasteiger partial charge in [-0.1, -0.05) is 12.1 Å². The number of benzene rings is 2. The maximum atomic E-state index is 13.9. The molecule has 0 bridgehead atoms. The molecule has 0 aliphatic heterocycles. The summed E-state index contributed by atoms with van der Waals surface area (Å²) in [6.07, 6.45) is 2.98. The topological polar surface area (TPSA) is 131 Å². The van der Waals surface area contributed by atoms with Crippen molar-refractivity contribution >= 4 is 45.7 Å². The molecule has 0 radical (unpaired) electrons. The summed E-state index contributed by atoms with van der Waals surface area (Å²) < 4.78 is 15.8. The van der Waals surface area contributed by atoms with Gasteiger partial charge < -0.3 is 20.9 Å². The van der Waals surface area contributed by atoms with Crippen LogP contribution in [-0.4, -0.2) is 33.0 Å². The molecule has 204 valence electrons. The molecule has 2 heterocycles. The minimum atomic E-state index is -0.934. The number of aromatic nitrogens is 2. The van der Waals surface area contributed by atoms with Gasteiger partial charge in [0.2, 0.25) is 5.91 Å². The Balaban J connectivity index is 1.63. The van der Waals surface area contributed by atoms with Crippen molar-refractivity contribution in [1.29, 1.82) is 0 Å². The number of aryl methyl sites for hydroxylation is 1. The second-order valence-electron chi connectivity index (χ2n) is 9.30. The van der Waals surface area contributed by atoms with Crippen LogP contribution < -0.4 is 16.4 Å². The highest BCUT2D eigenvalue weighted by molar-refractivity contribution is 6.11. The van der Waals surface area contributed by atoms with E-state index in [1.54, 1.807) is 25.3 Å². The molecule has 40 heavy (non-hydrogen) atoms. The normalized spacial score (nSPS) is 11.3. The summed E-state index contributed by atoms with van der Waals surface area (Å²) in [5.41, 5.74) is 9.77. The van der Waals surface area contributed by atoms with Gasteiger partial charge in [0.25, 0.3) is 11.8 Å². The summed E-state index contributed by atoms with van der Waals surface area (Å²) in [7, 11) is 0. The number of fused-ring (bicyclic) bond motifs is 1. The van der Waals surface area contributed by atoms with E-state index in [4.69, 9.17) is 5.73 Å². The number of allylic oxidation sites excluding steroid dienone is 1. The highest BCUT2D eigenvalue weighted by atomic mass is 19.1. The van der Waals surface area contributed by atoms with Gasteiger partial charge in [-0.2, -0.15) is 0 Å². The number of hydrogen-bond donors (Lipinski definition) is 3. The molecule has 2 aromatic heterocycles. The van der Waals surface area contributed by atoms with Crippen molar-refractivity contribution in [3.05, 3.63) is 89.6 Å². The first-order valence-corrected chi connectivity index (χ1v) is 12.6. The van der Waals surface area contributed by atoms with Crippen LogP contribution in [0.2, 0.25) is 0 Å². The van der Waals surface area contributed by atoms with Crippen LogP contribution in [0.25, 0.3) is 22.2 Å². The molecule has 0 saturated carbocycles. The molecule has 3 amide bonds. The predicted octanol–water partition coefficient (Wildman–Crippen LogP) is 5.54. The molecule has 0 aliphatic rings. The number of carbonyl (C=O) groups excluding carboxylic acids is 3. The standard InChI is InChI=1S/C30H29FN6O3/c1-5-37-25(19-6-8-21(9-7-19)35-26(38)14-18(4)34-17(2)3)15-20-12-13-33-27(28(20)37)30(40)36-22-10-11-24(31)23(16-22)29(32)39/h6-16H,5H2,1-4H3,(H2,32,39)(H,35,38)(H,36,40)/b18-14-. The second kappa shape index (κ2) is 11.7. The number of primary amides is 1. The maximum Gasteiger partial charge on any atom is 0.276 e. The van der Waals surface area contributed by atoms with Crippen molar-refractivity contribution in [3.63, 3.8) is 0 Å². The van der Waals surface area contributed by atoms with Gasteiger partial charge in [-0.05, 0) is 75.7 Å². The molecule has 0 unspecified atom stereocenters. The average molecular weight is 541 g/mol. The zero-order valence-corrected chi connectivity index (χ0v) is 22.6. The molecular weight excluding hydrogens is 511 g/mol. The largest absolute Gasteiger partial charge is 0.366 e. The van der Waals surface area contributed by atoms with E-state index in [2.05, 4.69) is 20.6 Å². The number of amides is 3. The van der Waals surface area contributed by atoms with Crippen LogP contribution in [0.4, 0.5) is 15.8 Å². The monoisotopic (exact) mass is 540 g/mol. The molecular formula is C30H29FN6O3. The van der Waals surface area contributed by atoms with Crippen LogP contribution in [0, 0.1) is 5.82 Å². The van der Waals surface area contributed by atoms with Gasteiger partial charge in [-0.25, -0.2) is 9.37 Å². The molecule has 2 aromatic carbocycles. The van der Waals surface area contributed by atoms with Crippen LogP contribution in [0.5, 0.6) is 0 Å². The fourth-order valence-corrected chi connectivity index (χ4v) is 4.41. The van der Waals surface area contributed by atoms with Gasteiger partial charge in [-0.15, -0.1) is 0 Å². The highest BCUT2D eigenvalue weighted by Gasteiger charge is 2.19. The lowest BCUT2D eigenvalue weighted by Gasteiger charge is -2.12. The van der Waals surface area contributed by atoms with Gasteiger partial charge in [0.05, 0.1) is 11.1 Å². The fraction of sp³-hybridized carbons (Fsp3) is 0.167. The van der Waals surface area contributed by atoms with E-state index in [9.17, 15) is 18.8 Å². The van der Waals surface area contributed by atoms with Crippen molar-refractivity contribution in [2.45, 2.75) is 34.2 Å². The first kappa shape index (κ1) is 27.9. The smallest absolute Gasteiger partial charge is 0.276 e. The maximum absolute atomic E-state index is 13.9. The number of aliphatic imine (C=N–C) groups is 1. The summed E-state index contributed by atoms with van der Waals surface area (Å²) in [6, 6.07) is 14.8. The third-order valence-corrected chi connectivity index (χ3v) is 6.02. The van der Waals surface area contributed by atoms with Gasteiger partial charge in [0.1, 0.15) is 5.82 Å². The fourth-order valence-electron chi connectivity index (χ4n) is 4.41. The van der Waals surface area contributed by atoms with Crippen molar-refractivity contribution < 1.29 is 18.8 Å². The van der Waals surface area contributed by atoms with E-state index in [1.807, 2.05) is 49.6 Å². The van der Waals surface area contributed by atoms with Crippen molar-refractivity contribution in [3.8, 4) is 11.3 Å². The molecule has 10 heteroatoms. The summed E-state index contributed by atoms with van der Waals surface area (Å²) in [4.78, 5) is 45.7. The lowest BCUT2D eigenvalue weighted by molar-refractivity contribution is -0.112. The third kappa shape index (κ3) is 6.12. The summed E-state index contributed by atoms with van der Waals surface area (Å²) in [5.74, 6) is -2.50. The van der Waals surface area contributed by atoms with Crippen molar-refractivity contribution in [2.24, 2.45) is 10.7 Å². The van der Waals surface area contributed by atoms with E-state index >= 15 is 0 Å². The lowest BCUT2D eigenvalue weighted by Crippen LogP contribution is -2.17. The number of pyridine rings is 1. The zero-order valence-electron chi connectivity index (χ0n) is 22.6. The number of hydrogen-bond acceptors (Lipinski definition) is 5. The van der Waals surface area contributed by atoms with Crippen molar-refractivity contribution in [1.82, 2.24) is 9.55 Å². The van der Waals surface area contributed by atoms with E-state index in [-0.39, 0.29) is 22.9 Å². The van der Waals surface area contributed by atoms with Crippen LogP contribution in [0.15, 0.2) is 77.6 Å². The first-order valence-electron chi connectivity index (χ1n) is 12.6. The highest BCUT2D eigenvalue weighted by Crippen LogP contribution is 2.31. The molecule has 0 aliphatic carbocycles. The summed E-state index contributed by atoms with van der Waals surface area (Å²) >= 11 is 0. The summed E-state index contributed by atoms with van der Waals surface area (Å²) in [6.45, 7) is 8.00. The Kier molecular flexibility index (Phi) is 8.18. The molecule has 4 aromatic rings. The minimum Gasteiger partial charge on any atom is -0.366 e. The van der Waals surface area contributed by atoms with Gasteiger partial charge >= 0.3 is 0 Å². The number of carbonyl (C=O) groups is 3. The zero-order chi connectivity index (χ0) is 29.0. The number of anilines is 2. The number of nitrogens with one attached hydrogen (secondary N) is 2. The Morgan fingerprint density at radius 1 is 1.00 bits per heavy atom. The summed E-state index contributed by atoms with van der Waals surface area (Å²) in [5, 5.41) is 6.32. The Hall–Kier alpha value is -5.12. The number of nitrogens with two attached hydrogens (primary N) is 1. The molecule has 4 N–H and O–H groups in total. The average Bonchev–Trinajstić information content (AvgIpc) is 3.28. The minimum absolute atomic E-state index is 0.173.